The van der Waals surface area contributed by atoms with E-state index in [0.29, 0.717) is 35.2 Å². The quantitative estimate of drug-likeness (QED) is 0.306. The van der Waals surface area contributed by atoms with Gasteiger partial charge in [0, 0.05) is 6.42 Å². The molecule has 0 bridgehead atoms. The summed E-state index contributed by atoms with van der Waals surface area (Å²) in [6.45, 7) is 12.2. The Kier molecular flexibility index (Phi) is 10.0. The predicted molar refractivity (Wildman–Crippen MR) is 142 cm³/mol. The van der Waals surface area contributed by atoms with E-state index in [1.165, 1.54) is 31.3 Å². The maximum Gasteiger partial charge on any atom is 0.114 e. The second kappa shape index (κ2) is 12.2. The van der Waals surface area contributed by atoms with E-state index in [9.17, 15) is 20.4 Å². The molecule has 0 saturated heterocycles. The normalized spacial score (nSPS) is 37.4. The standard InChI is InChI=1S/C30H50O6/c1-19(8-6-14-29(3,4)35)24-12-13-25-21(9-7-15-30(24,25)5)10-11-22-16-26(33)28(27(34)20(22)2)36-18-23(32)17-31/h10-11,19,23-28,31-35H,2,6-9,12-18H2,1,3-5H3/b21-10+,22-11-/t19-,23+,24-,25+,26-,27-,28+,30-/m1/s1. The predicted octanol–water partition coefficient (Wildman–Crippen LogP) is 4.05. The third kappa shape index (κ3) is 6.89. The van der Waals surface area contributed by atoms with Crippen molar-refractivity contribution < 1.29 is 30.3 Å². The van der Waals surface area contributed by atoms with Crippen LogP contribution in [0.1, 0.15) is 85.5 Å². The van der Waals surface area contributed by atoms with Crippen LogP contribution >= 0.6 is 0 Å². The fraction of sp³-hybridized carbons (Fsp3) is 0.800. The molecule has 6 heteroatoms. The van der Waals surface area contributed by atoms with Crippen molar-refractivity contribution in [1.82, 2.24) is 0 Å². The molecule has 0 aromatic carbocycles. The van der Waals surface area contributed by atoms with Gasteiger partial charge in [0.15, 0.2) is 0 Å². The molecule has 0 radical (unpaired) electrons. The molecule has 0 spiro atoms. The van der Waals surface area contributed by atoms with Gasteiger partial charge in [0.25, 0.3) is 0 Å². The summed E-state index contributed by atoms with van der Waals surface area (Å²) in [6.07, 6.45) is 9.79. The Morgan fingerprint density at radius 3 is 2.61 bits per heavy atom. The lowest BCUT2D eigenvalue weighted by atomic mass is 9.60. The van der Waals surface area contributed by atoms with Gasteiger partial charge in [-0.2, -0.15) is 0 Å². The zero-order chi connectivity index (χ0) is 26.7. The smallest absolute Gasteiger partial charge is 0.114 e. The number of hydrogen-bond acceptors (Lipinski definition) is 6. The summed E-state index contributed by atoms with van der Waals surface area (Å²) in [4.78, 5) is 0. The number of aliphatic hydroxyl groups is 5. The Labute approximate surface area is 217 Å². The first kappa shape index (κ1) is 29.5. The van der Waals surface area contributed by atoms with Crippen molar-refractivity contribution in [3.8, 4) is 0 Å². The van der Waals surface area contributed by atoms with Gasteiger partial charge >= 0.3 is 0 Å². The van der Waals surface area contributed by atoms with Crippen LogP contribution in [0.5, 0.6) is 0 Å². The van der Waals surface area contributed by atoms with Crippen LogP contribution in [-0.4, -0.2) is 68.8 Å². The highest BCUT2D eigenvalue weighted by Gasteiger charge is 2.50. The molecule has 0 aliphatic heterocycles. The highest BCUT2D eigenvalue weighted by molar-refractivity contribution is 5.40. The molecule has 0 unspecified atom stereocenters. The average Bonchev–Trinajstić information content (AvgIpc) is 3.16. The van der Waals surface area contributed by atoms with Crippen molar-refractivity contribution in [2.45, 2.75) is 115 Å². The summed E-state index contributed by atoms with van der Waals surface area (Å²) in [5.41, 5.74) is 2.57. The molecule has 8 atom stereocenters. The van der Waals surface area contributed by atoms with Gasteiger partial charge in [0.05, 0.1) is 24.9 Å². The van der Waals surface area contributed by atoms with Crippen LogP contribution < -0.4 is 0 Å². The minimum absolute atomic E-state index is 0.150. The molecule has 206 valence electrons. The number of ether oxygens (including phenoxy) is 1. The number of aliphatic hydroxyl groups excluding tert-OH is 4. The van der Waals surface area contributed by atoms with Crippen molar-refractivity contribution in [3.63, 3.8) is 0 Å². The van der Waals surface area contributed by atoms with Crippen LogP contribution in [0, 0.1) is 23.2 Å². The van der Waals surface area contributed by atoms with Gasteiger partial charge in [0.2, 0.25) is 0 Å². The van der Waals surface area contributed by atoms with Crippen molar-refractivity contribution in [1.29, 1.82) is 0 Å². The summed E-state index contributed by atoms with van der Waals surface area (Å²) in [7, 11) is 0. The molecule has 5 N–H and O–H groups in total. The monoisotopic (exact) mass is 506 g/mol. The molecule has 3 fully saturated rings. The third-order valence-electron chi connectivity index (χ3n) is 9.25. The first-order valence-corrected chi connectivity index (χ1v) is 13.9. The van der Waals surface area contributed by atoms with E-state index in [2.05, 4.69) is 26.5 Å². The van der Waals surface area contributed by atoms with E-state index >= 15 is 0 Å². The molecule has 0 heterocycles. The maximum atomic E-state index is 10.7. The van der Waals surface area contributed by atoms with Gasteiger partial charge in [-0.25, -0.2) is 0 Å². The number of rotatable bonds is 10. The second-order valence-electron chi connectivity index (χ2n) is 12.6. The van der Waals surface area contributed by atoms with Crippen LogP contribution in [0.4, 0.5) is 0 Å². The van der Waals surface area contributed by atoms with Crippen LogP contribution in [0.3, 0.4) is 0 Å². The van der Waals surface area contributed by atoms with Crippen molar-refractivity contribution >= 4 is 0 Å². The first-order valence-electron chi connectivity index (χ1n) is 13.9. The SMILES string of the molecule is C=C1/C(=C\C=C2/CCC[C@]3(C)[C@@H]([C@H](C)CCCC(C)(C)O)CC[C@@H]23)C[C@@H](O)[C@H](OC[C@@H](O)CO)[C@@H]1O. The fourth-order valence-electron chi connectivity index (χ4n) is 7.20. The molecule has 0 aromatic rings. The van der Waals surface area contributed by atoms with Crippen molar-refractivity contribution in [2.24, 2.45) is 23.2 Å². The highest BCUT2D eigenvalue weighted by atomic mass is 16.5. The van der Waals surface area contributed by atoms with E-state index in [4.69, 9.17) is 9.84 Å². The zero-order valence-corrected chi connectivity index (χ0v) is 22.8. The highest BCUT2D eigenvalue weighted by Crippen LogP contribution is 2.60. The largest absolute Gasteiger partial charge is 0.394 e. The fourth-order valence-corrected chi connectivity index (χ4v) is 7.20. The minimum atomic E-state index is -1.05. The Morgan fingerprint density at radius 1 is 1.22 bits per heavy atom. The van der Waals surface area contributed by atoms with Gasteiger partial charge < -0.3 is 30.3 Å². The van der Waals surface area contributed by atoms with Gasteiger partial charge in [-0.1, -0.05) is 51.0 Å². The molecule has 3 rings (SSSR count). The lowest BCUT2D eigenvalue weighted by Crippen LogP contribution is -2.46. The summed E-state index contributed by atoms with van der Waals surface area (Å²) >= 11 is 0. The first-order chi connectivity index (χ1) is 16.9. The van der Waals surface area contributed by atoms with Gasteiger partial charge in [0.1, 0.15) is 18.3 Å². The maximum absolute atomic E-state index is 10.7. The number of hydrogen-bond donors (Lipinski definition) is 5. The Morgan fingerprint density at radius 2 is 1.94 bits per heavy atom. The number of allylic oxidation sites excluding steroid dienone is 3. The molecule has 3 aliphatic rings. The molecule has 6 nitrogen and oxygen atoms in total. The van der Waals surface area contributed by atoms with Crippen LogP contribution in [0.15, 0.2) is 35.5 Å². The minimum Gasteiger partial charge on any atom is -0.394 e. The van der Waals surface area contributed by atoms with E-state index in [0.717, 1.165) is 31.3 Å². The molecular formula is C30H50O6. The lowest BCUT2D eigenvalue weighted by molar-refractivity contribution is -0.117. The zero-order valence-electron chi connectivity index (χ0n) is 22.8. The van der Waals surface area contributed by atoms with E-state index in [1.54, 1.807) is 0 Å². The van der Waals surface area contributed by atoms with Crippen molar-refractivity contribution in [2.75, 3.05) is 13.2 Å². The molecule has 3 saturated carbocycles. The number of fused-ring (bicyclic) bond motifs is 1. The molecular weight excluding hydrogens is 456 g/mol. The molecule has 36 heavy (non-hydrogen) atoms. The second-order valence-corrected chi connectivity index (χ2v) is 12.6. The molecule has 0 amide bonds. The summed E-state index contributed by atoms with van der Waals surface area (Å²) in [6, 6.07) is 0. The lowest BCUT2D eigenvalue weighted by Gasteiger charge is -2.44. The van der Waals surface area contributed by atoms with Crippen molar-refractivity contribution in [3.05, 3.63) is 35.5 Å². The summed E-state index contributed by atoms with van der Waals surface area (Å²) in [5, 5.41) is 49.9. The third-order valence-corrected chi connectivity index (χ3v) is 9.25. The van der Waals surface area contributed by atoms with E-state index in [1.807, 2.05) is 19.9 Å². The van der Waals surface area contributed by atoms with Crippen LogP contribution in [0.25, 0.3) is 0 Å². The van der Waals surface area contributed by atoms with E-state index < -0.39 is 36.6 Å². The van der Waals surface area contributed by atoms with Gasteiger partial charge in [-0.15, -0.1) is 0 Å². The average molecular weight is 507 g/mol. The molecule has 0 aromatic heterocycles. The van der Waals surface area contributed by atoms with Crippen LogP contribution in [0.2, 0.25) is 0 Å². The Balaban J connectivity index is 1.67. The van der Waals surface area contributed by atoms with Gasteiger partial charge in [-0.3, -0.25) is 0 Å². The summed E-state index contributed by atoms with van der Waals surface area (Å²) in [5.74, 6) is 1.90. The van der Waals surface area contributed by atoms with Gasteiger partial charge in [-0.05, 0) is 86.7 Å². The molecule has 3 aliphatic carbocycles. The van der Waals surface area contributed by atoms with E-state index in [-0.39, 0.29) is 6.61 Å². The summed E-state index contributed by atoms with van der Waals surface area (Å²) < 4.78 is 5.50. The topological polar surface area (TPSA) is 110 Å². The van der Waals surface area contributed by atoms with Crippen LogP contribution in [-0.2, 0) is 4.74 Å². The Hall–Kier alpha value is -1.02. The Bertz CT molecular complexity index is 811.